The molecule has 4 heteroatoms. The van der Waals surface area contributed by atoms with Gasteiger partial charge in [0, 0.05) is 0 Å². The topological polar surface area (TPSA) is 49.3 Å². The normalized spacial score (nSPS) is 10.5. The second kappa shape index (κ2) is 5.46. The van der Waals surface area contributed by atoms with Crippen molar-refractivity contribution in [3.63, 3.8) is 0 Å². The van der Waals surface area contributed by atoms with E-state index in [0.717, 1.165) is 5.39 Å². The van der Waals surface area contributed by atoms with E-state index in [0.29, 0.717) is 16.1 Å². The SMILES string of the molecule is O=C(Nc1ccccc1Cl)c1c(O)ccc2ccccc12. The average molecular weight is 298 g/mol. The maximum Gasteiger partial charge on any atom is 0.260 e. The summed E-state index contributed by atoms with van der Waals surface area (Å²) >= 11 is 6.04. The molecule has 0 aliphatic heterocycles. The Kier molecular flexibility index (Phi) is 3.50. The van der Waals surface area contributed by atoms with Crippen LogP contribution in [0.1, 0.15) is 10.4 Å². The summed E-state index contributed by atoms with van der Waals surface area (Å²) in [4.78, 5) is 12.5. The van der Waals surface area contributed by atoms with Crippen LogP contribution < -0.4 is 5.32 Å². The van der Waals surface area contributed by atoms with Gasteiger partial charge in [0.25, 0.3) is 5.91 Å². The van der Waals surface area contributed by atoms with E-state index in [1.807, 2.05) is 18.2 Å². The number of aromatic hydroxyl groups is 1. The number of amides is 1. The Morgan fingerprint density at radius 3 is 2.48 bits per heavy atom. The highest BCUT2D eigenvalue weighted by Gasteiger charge is 2.16. The second-order valence-electron chi connectivity index (χ2n) is 4.61. The maximum absolute atomic E-state index is 12.5. The summed E-state index contributed by atoms with van der Waals surface area (Å²) in [5.41, 5.74) is 0.754. The van der Waals surface area contributed by atoms with Crippen molar-refractivity contribution in [3.8, 4) is 5.75 Å². The Bertz CT molecular complexity index is 830. The van der Waals surface area contributed by atoms with Gasteiger partial charge in [-0.2, -0.15) is 0 Å². The average Bonchev–Trinajstić information content (AvgIpc) is 2.49. The monoisotopic (exact) mass is 297 g/mol. The van der Waals surface area contributed by atoms with E-state index in [-0.39, 0.29) is 11.3 Å². The van der Waals surface area contributed by atoms with E-state index in [1.54, 1.807) is 36.4 Å². The first-order chi connectivity index (χ1) is 10.2. The molecule has 0 aliphatic rings. The van der Waals surface area contributed by atoms with Crippen LogP contribution in [0.5, 0.6) is 5.75 Å². The lowest BCUT2D eigenvalue weighted by atomic mass is 10.0. The van der Waals surface area contributed by atoms with Gasteiger partial charge < -0.3 is 10.4 Å². The number of fused-ring (bicyclic) bond motifs is 1. The number of anilines is 1. The Morgan fingerprint density at radius 1 is 0.952 bits per heavy atom. The molecule has 0 radical (unpaired) electrons. The van der Waals surface area contributed by atoms with Crippen LogP contribution in [0.4, 0.5) is 5.69 Å². The van der Waals surface area contributed by atoms with Crippen LogP contribution >= 0.6 is 11.6 Å². The highest BCUT2D eigenvalue weighted by Crippen LogP contribution is 2.29. The van der Waals surface area contributed by atoms with Crippen molar-refractivity contribution < 1.29 is 9.90 Å². The molecule has 3 nitrogen and oxygen atoms in total. The number of hydrogen-bond donors (Lipinski definition) is 2. The minimum Gasteiger partial charge on any atom is -0.507 e. The van der Waals surface area contributed by atoms with Crippen LogP contribution in [-0.4, -0.2) is 11.0 Å². The molecule has 3 aromatic rings. The third-order valence-corrected chi connectivity index (χ3v) is 3.59. The van der Waals surface area contributed by atoms with Crippen molar-refractivity contribution in [1.82, 2.24) is 0 Å². The molecule has 0 fully saturated rings. The number of carbonyl (C=O) groups is 1. The van der Waals surface area contributed by atoms with Gasteiger partial charge in [0.05, 0.1) is 16.3 Å². The van der Waals surface area contributed by atoms with Crippen LogP contribution in [0.15, 0.2) is 60.7 Å². The fourth-order valence-electron chi connectivity index (χ4n) is 2.25. The van der Waals surface area contributed by atoms with E-state index in [2.05, 4.69) is 5.32 Å². The van der Waals surface area contributed by atoms with Crippen LogP contribution in [0.2, 0.25) is 5.02 Å². The third-order valence-electron chi connectivity index (χ3n) is 3.26. The van der Waals surface area contributed by atoms with E-state index < -0.39 is 5.91 Å². The highest BCUT2D eigenvalue weighted by molar-refractivity contribution is 6.34. The molecule has 21 heavy (non-hydrogen) atoms. The molecular weight excluding hydrogens is 286 g/mol. The molecule has 2 N–H and O–H groups in total. The van der Waals surface area contributed by atoms with Crippen molar-refractivity contribution in [1.29, 1.82) is 0 Å². The number of benzene rings is 3. The number of phenols is 1. The smallest absolute Gasteiger partial charge is 0.260 e. The van der Waals surface area contributed by atoms with E-state index in [1.165, 1.54) is 6.07 Å². The van der Waals surface area contributed by atoms with Gasteiger partial charge in [-0.1, -0.05) is 54.1 Å². The standard InChI is InChI=1S/C17H12ClNO2/c18-13-7-3-4-8-14(13)19-17(21)16-12-6-2-1-5-11(12)9-10-15(16)20/h1-10,20H,(H,19,21). The first-order valence-electron chi connectivity index (χ1n) is 6.43. The molecule has 0 bridgehead atoms. The first-order valence-corrected chi connectivity index (χ1v) is 6.81. The highest BCUT2D eigenvalue weighted by atomic mass is 35.5. The third kappa shape index (κ3) is 2.56. The van der Waals surface area contributed by atoms with Crippen molar-refractivity contribution in [2.24, 2.45) is 0 Å². The lowest BCUT2D eigenvalue weighted by Crippen LogP contribution is -2.13. The molecule has 0 aromatic heterocycles. The Hall–Kier alpha value is -2.52. The summed E-state index contributed by atoms with van der Waals surface area (Å²) < 4.78 is 0. The molecule has 1 amide bonds. The zero-order chi connectivity index (χ0) is 14.8. The van der Waals surface area contributed by atoms with Gasteiger partial charge in [-0.3, -0.25) is 4.79 Å². The van der Waals surface area contributed by atoms with Gasteiger partial charge in [-0.15, -0.1) is 0 Å². The number of para-hydroxylation sites is 1. The van der Waals surface area contributed by atoms with Gasteiger partial charge in [-0.25, -0.2) is 0 Å². The molecule has 0 spiro atoms. The van der Waals surface area contributed by atoms with Gasteiger partial charge in [-0.05, 0) is 29.0 Å². The van der Waals surface area contributed by atoms with Gasteiger partial charge in [0.2, 0.25) is 0 Å². The fraction of sp³-hybridized carbons (Fsp3) is 0. The summed E-state index contributed by atoms with van der Waals surface area (Å²) in [5, 5.41) is 14.8. The minimum atomic E-state index is -0.391. The number of halogens is 1. The molecule has 0 heterocycles. The van der Waals surface area contributed by atoms with Crippen molar-refractivity contribution in [3.05, 3.63) is 71.2 Å². The molecule has 3 aromatic carbocycles. The molecular formula is C17H12ClNO2. The molecule has 0 aliphatic carbocycles. The second-order valence-corrected chi connectivity index (χ2v) is 5.02. The minimum absolute atomic E-state index is 0.0572. The Balaban J connectivity index is 2.06. The molecule has 0 saturated heterocycles. The summed E-state index contributed by atoms with van der Waals surface area (Å²) in [6.07, 6.45) is 0. The Morgan fingerprint density at radius 2 is 1.67 bits per heavy atom. The first kappa shape index (κ1) is 13.5. The number of phenolic OH excluding ortho intramolecular Hbond substituents is 1. The van der Waals surface area contributed by atoms with E-state index in [9.17, 15) is 9.90 Å². The van der Waals surface area contributed by atoms with Crippen molar-refractivity contribution in [2.45, 2.75) is 0 Å². The van der Waals surface area contributed by atoms with E-state index >= 15 is 0 Å². The summed E-state index contributed by atoms with van der Waals surface area (Å²) in [6.45, 7) is 0. The van der Waals surface area contributed by atoms with Crippen molar-refractivity contribution in [2.75, 3.05) is 5.32 Å². The molecule has 0 saturated carbocycles. The van der Waals surface area contributed by atoms with Crippen LogP contribution in [0, 0.1) is 0 Å². The van der Waals surface area contributed by atoms with Crippen LogP contribution in [0.3, 0.4) is 0 Å². The quantitative estimate of drug-likeness (QED) is 0.734. The number of nitrogens with one attached hydrogen (secondary N) is 1. The molecule has 104 valence electrons. The van der Waals surface area contributed by atoms with Crippen LogP contribution in [-0.2, 0) is 0 Å². The lowest BCUT2D eigenvalue weighted by Gasteiger charge is -2.11. The Labute approximate surface area is 126 Å². The number of hydrogen-bond acceptors (Lipinski definition) is 2. The zero-order valence-electron chi connectivity index (χ0n) is 11.0. The van der Waals surface area contributed by atoms with Crippen LogP contribution in [0.25, 0.3) is 10.8 Å². The lowest BCUT2D eigenvalue weighted by molar-refractivity contribution is 0.102. The predicted octanol–water partition coefficient (Wildman–Crippen LogP) is 4.45. The number of rotatable bonds is 2. The molecule has 0 unspecified atom stereocenters. The largest absolute Gasteiger partial charge is 0.507 e. The maximum atomic E-state index is 12.5. The summed E-state index contributed by atoms with van der Waals surface area (Å²) in [5.74, 6) is -0.448. The number of carbonyl (C=O) groups excluding carboxylic acids is 1. The summed E-state index contributed by atoms with van der Waals surface area (Å²) in [7, 11) is 0. The van der Waals surface area contributed by atoms with Crippen molar-refractivity contribution >= 4 is 34.0 Å². The van der Waals surface area contributed by atoms with E-state index in [4.69, 9.17) is 11.6 Å². The van der Waals surface area contributed by atoms with Gasteiger partial charge in [0.15, 0.2) is 0 Å². The molecule has 0 atom stereocenters. The summed E-state index contributed by atoms with van der Waals surface area (Å²) in [6, 6.07) is 17.7. The molecule has 3 rings (SSSR count). The fourth-order valence-corrected chi connectivity index (χ4v) is 2.43. The van der Waals surface area contributed by atoms with Gasteiger partial charge >= 0.3 is 0 Å². The van der Waals surface area contributed by atoms with Gasteiger partial charge in [0.1, 0.15) is 5.75 Å². The zero-order valence-corrected chi connectivity index (χ0v) is 11.8. The predicted molar refractivity (Wildman–Crippen MR) is 85.0 cm³/mol.